The number of aromatic nitrogens is 2. The number of benzene rings is 1. The molecule has 6 heteroatoms. The molecule has 0 aliphatic heterocycles. The summed E-state index contributed by atoms with van der Waals surface area (Å²) in [5.41, 5.74) is 3.03. The highest BCUT2D eigenvalue weighted by Crippen LogP contribution is 2.31. The van der Waals surface area contributed by atoms with Crippen molar-refractivity contribution in [3.63, 3.8) is 0 Å². The molecule has 1 atom stereocenters. The summed E-state index contributed by atoms with van der Waals surface area (Å²) in [7, 11) is 0. The predicted octanol–water partition coefficient (Wildman–Crippen LogP) is 6.66. The molecule has 3 aromatic rings. The largest absolute Gasteiger partial charge is 0.393 e. The fourth-order valence-corrected chi connectivity index (χ4v) is 5.73. The van der Waals surface area contributed by atoms with Crippen LogP contribution in [0.3, 0.4) is 0 Å². The molecule has 0 radical (unpaired) electrons. The predicted molar refractivity (Wildman–Crippen MR) is 143 cm³/mol. The van der Waals surface area contributed by atoms with E-state index in [0.717, 1.165) is 66.1 Å². The van der Waals surface area contributed by atoms with Gasteiger partial charge in [0.05, 0.1) is 21.6 Å². The van der Waals surface area contributed by atoms with Crippen molar-refractivity contribution >= 4 is 28.8 Å². The normalized spacial score (nSPS) is 18.5. The van der Waals surface area contributed by atoms with Crippen LogP contribution in [0.15, 0.2) is 48.7 Å². The Balaban J connectivity index is 1.43. The second-order valence-corrected chi connectivity index (χ2v) is 10.4. The smallest absolute Gasteiger partial charge is 0.227 e. The number of aliphatic hydroxyl groups excluding tert-OH is 1. The zero-order valence-corrected chi connectivity index (χ0v) is 21.1. The summed E-state index contributed by atoms with van der Waals surface area (Å²) >= 11 is 1.47. The number of nitrogens with zero attached hydrogens (tertiary/aromatic N) is 2. The number of thiophene rings is 1. The van der Waals surface area contributed by atoms with Crippen LogP contribution >= 0.6 is 11.3 Å². The number of aliphatic hydroxyl groups is 1. The van der Waals surface area contributed by atoms with E-state index in [1.54, 1.807) is 6.20 Å². The summed E-state index contributed by atoms with van der Waals surface area (Å²) in [6, 6.07) is 14.1. The van der Waals surface area contributed by atoms with Gasteiger partial charge >= 0.3 is 0 Å². The Morgan fingerprint density at radius 1 is 1.23 bits per heavy atom. The van der Waals surface area contributed by atoms with Crippen LogP contribution in [0.2, 0.25) is 0 Å². The SMILES string of the molecule is C#CCCC(CC)C(=O)c1ccc(-c2ccnc(Nc3cccc(CC4CCC(O)CC4)c3)n2)s1. The molecular weight excluding hydrogens is 454 g/mol. The first-order valence-electron chi connectivity index (χ1n) is 12.5. The van der Waals surface area contributed by atoms with Gasteiger partial charge in [-0.15, -0.1) is 23.7 Å². The lowest BCUT2D eigenvalue weighted by Crippen LogP contribution is -2.19. The van der Waals surface area contributed by atoms with E-state index in [2.05, 4.69) is 34.4 Å². The Morgan fingerprint density at radius 3 is 2.83 bits per heavy atom. The highest BCUT2D eigenvalue weighted by atomic mass is 32.1. The van der Waals surface area contributed by atoms with Gasteiger partial charge in [0.2, 0.25) is 5.95 Å². The standard InChI is InChI=1S/C29H33N3O2S/c1-3-5-8-22(4-2)28(34)27-15-14-26(35-27)25-16-17-30-29(32-25)31-23-9-6-7-21(19-23)18-20-10-12-24(33)13-11-20/h1,6-7,9,14-17,19-20,22,24,33H,4-5,8,10-13,18H2,2H3,(H,30,31,32). The molecule has 2 N–H and O–H groups in total. The van der Waals surface area contributed by atoms with Crippen LogP contribution in [0, 0.1) is 24.2 Å². The highest BCUT2D eigenvalue weighted by molar-refractivity contribution is 7.17. The topological polar surface area (TPSA) is 75.1 Å². The lowest BCUT2D eigenvalue weighted by molar-refractivity contribution is 0.0915. The van der Waals surface area contributed by atoms with Gasteiger partial charge < -0.3 is 10.4 Å². The van der Waals surface area contributed by atoms with Gasteiger partial charge in [-0.3, -0.25) is 4.79 Å². The van der Waals surface area contributed by atoms with Crippen LogP contribution < -0.4 is 5.32 Å². The summed E-state index contributed by atoms with van der Waals surface area (Å²) < 4.78 is 0. The molecule has 35 heavy (non-hydrogen) atoms. The molecule has 2 aromatic heterocycles. The van der Waals surface area contributed by atoms with Gasteiger partial charge in [-0.25, -0.2) is 9.97 Å². The van der Waals surface area contributed by atoms with Gasteiger partial charge in [0.25, 0.3) is 0 Å². The monoisotopic (exact) mass is 487 g/mol. The first-order chi connectivity index (χ1) is 17.1. The minimum absolute atomic E-state index is 0.0360. The Kier molecular flexibility index (Phi) is 8.68. The van der Waals surface area contributed by atoms with Crippen molar-refractivity contribution in [3.8, 4) is 22.9 Å². The van der Waals surface area contributed by atoms with E-state index in [4.69, 9.17) is 11.4 Å². The van der Waals surface area contributed by atoms with E-state index in [-0.39, 0.29) is 17.8 Å². The van der Waals surface area contributed by atoms with Crippen LogP contribution in [0.5, 0.6) is 0 Å². The Morgan fingerprint density at radius 2 is 2.06 bits per heavy atom. The van der Waals surface area contributed by atoms with Crippen LogP contribution in [0.1, 0.15) is 67.1 Å². The summed E-state index contributed by atoms with van der Waals surface area (Å²) in [6.45, 7) is 2.03. The number of terminal acetylenes is 1. The highest BCUT2D eigenvalue weighted by Gasteiger charge is 2.21. The number of rotatable bonds is 10. The molecule has 0 spiro atoms. The van der Waals surface area contributed by atoms with Crippen LogP contribution in [-0.2, 0) is 6.42 Å². The third-order valence-electron chi connectivity index (χ3n) is 6.78. The maximum Gasteiger partial charge on any atom is 0.227 e. The summed E-state index contributed by atoms with van der Waals surface area (Å²) in [5.74, 6) is 3.92. The lowest BCUT2D eigenvalue weighted by Gasteiger charge is -2.25. The lowest BCUT2D eigenvalue weighted by atomic mass is 9.83. The molecule has 1 fully saturated rings. The average Bonchev–Trinajstić information content (AvgIpc) is 3.37. The molecule has 1 unspecified atom stereocenters. The van der Waals surface area contributed by atoms with Gasteiger partial charge in [0.1, 0.15) is 0 Å². The summed E-state index contributed by atoms with van der Waals surface area (Å²) in [5, 5.41) is 13.1. The Labute approximate surface area is 212 Å². The number of nitrogens with one attached hydrogen (secondary N) is 1. The molecular formula is C29H33N3O2S. The van der Waals surface area contributed by atoms with E-state index in [1.807, 2.05) is 31.2 Å². The second kappa shape index (κ2) is 12.1. The van der Waals surface area contributed by atoms with E-state index in [9.17, 15) is 9.90 Å². The zero-order valence-electron chi connectivity index (χ0n) is 20.2. The first kappa shape index (κ1) is 25.1. The van der Waals surface area contributed by atoms with Crippen molar-refractivity contribution in [2.24, 2.45) is 11.8 Å². The van der Waals surface area contributed by atoms with Crippen molar-refractivity contribution in [1.29, 1.82) is 0 Å². The molecule has 1 saturated carbocycles. The van der Waals surface area contributed by atoms with Crippen LogP contribution in [0.25, 0.3) is 10.6 Å². The van der Waals surface area contributed by atoms with Gasteiger partial charge in [0.15, 0.2) is 5.78 Å². The van der Waals surface area contributed by atoms with Crippen molar-refractivity contribution in [3.05, 3.63) is 59.1 Å². The minimum atomic E-state index is -0.122. The molecule has 5 nitrogen and oxygen atoms in total. The average molecular weight is 488 g/mol. The number of anilines is 2. The van der Waals surface area contributed by atoms with Crippen molar-refractivity contribution < 1.29 is 9.90 Å². The van der Waals surface area contributed by atoms with Crippen molar-refractivity contribution in [2.75, 3.05) is 5.32 Å². The minimum Gasteiger partial charge on any atom is -0.393 e. The molecule has 0 amide bonds. The number of ketones is 1. The molecule has 1 aromatic carbocycles. The molecule has 2 heterocycles. The van der Waals surface area contributed by atoms with Crippen molar-refractivity contribution in [2.45, 2.75) is 64.4 Å². The maximum absolute atomic E-state index is 12.9. The van der Waals surface area contributed by atoms with E-state index in [0.29, 0.717) is 18.3 Å². The van der Waals surface area contributed by atoms with Gasteiger partial charge in [-0.2, -0.15) is 0 Å². The molecule has 182 valence electrons. The molecule has 4 rings (SSSR count). The van der Waals surface area contributed by atoms with E-state index < -0.39 is 0 Å². The molecule has 0 saturated heterocycles. The molecule has 1 aliphatic rings. The fraction of sp³-hybridized carbons (Fsp3) is 0.414. The second-order valence-electron chi connectivity index (χ2n) is 9.35. The van der Waals surface area contributed by atoms with E-state index >= 15 is 0 Å². The van der Waals surface area contributed by atoms with Crippen LogP contribution in [0.4, 0.5) is 11.6 Å². The van der Waals surface area contributed by atoms with Gasteiger partial charge in [0, 0.05) is 24.2 Å². The Hall–Kier alpha value is -3.01. The van der Waals surface area contributed by atoms with Crippen LogP contribution in [-0.4, -0.2) is 27.0 Å². The number of hydrogen-bond donors (Lipinski definition) is 2. The molecule has 1 aliphatic carbocycles. The quantitative estimate of drug-likeness (QED) is 0.247. The summed E-state index contributed by atoms with van der Waals surface area (Å²) in [4.78, 5) is 23.7. The van der Waals surface area contributed by atoms with Gasteiger partial charge in [-0.05, 0) is 86.8 Å². The zero-order chi connectivity index (χ0) is 24.6. The Bertz CT molecular complexity index is 1170. The van der Waals surface area contributed by atoms with Crippen molar-refractivity contribution in [1.82, 2.24) is 9.97 Å². The number of carbonyl (C=O) groups excluding carboxylic acids is 1. The number of Topliss-reactive ketones (excluding diaryl/α,β-unsaturated/α-hetero) is 1. The number of hydrogen-bond acceptors (Lipinski definition) is 6. The third-order valence-corrected chi connectivity index (χ3v) is 7.90. The first-order valence-corrected chi connectivity index (χ1v) is 13.3. The fourth-order valence-electron chi connectivity index (χ4n) is 4.73. The third kappa shape index (κ3) is 6.78. The van der Waals surface area contributed by atoms with Gasteiger partial charge in [-0.1, -0.05) is 19.1 Å². The van der Waals surface area contributed by atoms with E-state index in [1.165, 1.54) is 16.9 Å². The molecule has 0 bridgehead atoms. The number of carbonyl (C=O) groups is 1. The maximum atomic E-state index is 12.9. The summed E-state index contributed by atoms with van der Waals surface area (Å²) in [6.07, 6.45) is 14.1.